The molecule has 5 nitrogen and oxygen atoms in total. The quantitative estimate of drug-likeness (QED) is 0.590. The summed E-state index contributed by atoms with van der Waals surface area (Å²) in [5.74, 6) is -0.567. The smallest absolute Gasteiger partial charge is 0.137 e. The molecule has 1 aromatic carbocycles. The molecule has 0 radical (unpaired) electrons. The van der Waals surface area contributed by atoms with Gasteiger partial charge >= 0.3 is 0 Å². The van der Waals surface area contributed by atoms with Crippen LogP contribution in [0.4, 0.5) is 4.39 Å². The molecule has 16 heavy (non-hydrogen) atoms. The molecule has 0 saturated heterocycles. The number of hydrogen-bond donors (Lipinski definition) is 2. The maximum Gasteiger partial charge on any atom is 0.137 e. The number of nitrogens with zero attached hydrogens (tertiary/aromatic N) is 3. The fraction of sp³-hybridized carbons (Fsp3) is 0.100. The van der Waals surface area contributed by atoms with Crippen LogP contribution < -0.4 is 5.73 Å². The van der Waals surface area contributed by atoms with Crippen LogP contribution in [0, 0.1) is 11.2 Å². The molecule has 0 fully saturated rings. The minimum atomic E-state index is -0.410. The zero-order chi connectivity index (χ0) is 11.5. The molecule has 0 unspecified atom stereocenters. The second-order valence-electron chi connectivity index (χ2n) is 3.31. The topological polar surface area (TPSA) is 80.6 Å². The number of nitrogens with one attached hydrogen (secondary N) is 1. The summed E-state index contributed by atoms with van der Waals surface area (Å²) in [7, 11) is 0. The van der Waals surface area contributed by atoms with Crippen molar-refractivity contribution in [2.45, 2.75) is 6.54 Å². The molecular weight excluding hydrogens is 209 g/mol. The largest absolute Gasteiger partial charge is 0.384 e. The number of hydrogen-bond acceptors (Lipinski definition) is 3. The van der Waals surface area contributed by atoms with Crippen LogP contribution in [0.5, 0.6) is 0 Å². The van der Waals surface area contributed by atoms with Crippen LogP contribution in [0.3, 0.4) is 0 Å². The Morgan fingerprint density at radius 3 is 2.94 bits per heavy atom. The molecule has 0 aliphatic rings. The summed E-state index contributed by atoms with van der Waals surface area (Å²) in [6, 6.07) is 4.17. The van der Waals surface area contributed by atoms with Gasteiger partial charge in [0, 0.05) is 5.56 Å². The van der Waals surface area contributed by atoms with Gasteiger partial charge in [0.25, 0.3) is 0 Å². The Bertz CT molecular complexity index is 506. The molecule has 0 bridgehead atoms. The van der Waals surface area contributed by atoms with E-state index in [0.717, 1.165) is 5.56 Å². The van der Waals surface area contributed by atoms with Gasteiger partial charge in [0.1, 0.15) is 24.3 Å². The molecule has 2 aromatic rings. The lowest BCUT2D eigenvalue weighted by molar-refractivity contribution is 0.623. The van der Waals surface area contributed by atoms with Crippen molar-refractivity contribution in [1.82, 2.24) is 14.8 Å². The first-order valence-corrected chi connectivity index (χ1v) is 4.62. The summed E-state index contributed by atoms with van der Waals surface area (Å²) in [5, 5.41) is 11.3. The van der Waals surface area contributed by atoms with E-state index >= 15 is 0 Å². The summed E-state index contributed by atoms with van der Waals surface area (Å²) >= 11 is 0. The SMILES string of the molecule is N=C(N)c1cc(F)ccc1Cn1cncn1. The fourth-order valence-corrected chi connectivity index (χ4v) is 1.43. The third-order valence-electron chi connectivity index (χ3n) is 2.16. The van der Waals surface area contributed by atoms with E-state index in [9.17, 15) is 4.39 Å². The summed E-state index contributed by atoms with van der Waals surface area (Å²) < 4.78 is 14.6. The van der Waals surface area contributed by atoms with Crippen LogP contribution in [0.1, 0.15) is 11.1 Å². The molecule has 82 valence electrons. The van der Waals surface area contributed by atoms with Gasteiger partial charge in [-0.15, -0.1) is 0 Å². The van der Waals surface area contributed by atoms with Gasteiger partial charge in [-0.1, -0.05) is 6.07 Å². The first kappa shape index (κ1) is 10.3. The van der Waals surface area contributed by atoms with Crippen molar-refractivity contribution in [2.75, 3.05) is 0 Å². The summed E-state index contributed by atoms with van der Waals surface area (Å²) in [6.07, 6.45) is 2.96. The number of rotatable bonds is 3. The van der Waals surface area contributed by atoms with Crippen LogP contribution in [-0.4, -0.2) is 20.6 Å². The Hall–Kier alpha value is -2.24. The highest BCUT2D eigenvalue weighted by Crippen LogP contribution is 2.11. The Kier molecular flexibility index (Phi) is 2.63. The predicted octanol–water partition coefficient (Wildman–Crippen LogP) is 0.750. The lowest BCUT2D eigenvalue weighted by atomic mass is 10.1. The van der Waals surface area contributed by atoms with Crippen molar-refractivity contribution < 1.29 is 4.39 Å². The van der Waals surface area contributed by atoms with E-state index in [4.69, 9.17) is 11.1 Å². The lowest BCUT2D eigenvalue weighted by Crippen LogP contribution is -2.16. The standard InChI is InChI=1S/C10H10FN5/c11-8-2-1-7(9(3-8)10(12)13)4-16-6-14-5-15-16/h1-3,5-6H,4H2,(H3,12,13). The number of nitrogens with two attached hydrogens (primary N) is 1. The lowest BCUT2D eigenvalue weighted by Gasteiger charge is -2.07. The summed E-state index contributed by atoms with van der Waals surface area (Å²) in [6.45, 7) is 0.412. The van der Waals surface area contributed by atoms with E-state index in [0.29, 0.717) is 12.1 Å². The van der Waals surface area contributed by atoms with Crippen molar-refractivity contribution in [3.05, 3.63) is 47.8 Å². The second kappa shape index (κ2) is 4.09. The van der Waals surface area contributed by atoms with E-state index in [1.165, 1.54) is 18.5 Å². The van der Waals surface area contributed by atoms with E-state index in [2.05, 4.69) is 10.1 Å². The van der Waals surface area contributed by atoms with Gasteiger partial charge in [0.15, 0.2) is 0 Å². The maximum absolute atomic E-state index is 13.0. The Balaban J connectivity index is 2.36. The molecular formula is C10H10FN5. The van der Waals surface area contributed by atoms with Crippen molar-refractivity contribution in [2.24, 2.45) is 5.73 Å². The maximum atomic E-state index is 13.0. The van der Waals surface area contributed by atoms with E-state index in [1.54, 1.807) is 17.1 Å². The average molecular weight is 219 g/mol. The Morgan fingerprint density at radius 2 is 2.31 bits per heavy atom. The third kappa shape index (κ3) is 2.05. The fourth-order valence-electron chi connectivity index (χ4n) is 1.43. The second-order valence-corrected chi connectivity index (χ2v) is 3.31. The van der Waals surface area contributed by atoms with Crippen LogP contribution in [0.25, 0.3) is 0 Å². The molecule has 2 rings (SSSR count). The van der Waals surface area contributed by atoms with Crippen molar-refractivity contribution in [1.29, 1.82) is 5.41 Å². The van der Waals surface area contributed by atoms with E-state index < -0.39 is 5.82 Å². The molecule has 0 atom stereocenters. The number of benzene rings is 1. The average Bonchev–Trinajstić information content (AvgIpc) is 2.73. The molecule has 0 aliphatic heterocycles. The highest BCUT2D eigenvalue weighted by molar-refractivity contribution is 5.96. The zero-order valence-electron chi connectivity index (χ0n) is 8.39. The van der Waals surface area contributed by atoms with Crippen LogP contribution in [-0.2, 0) is 6.54 Å². The highest BCUT2D eigenvalue weighted by Gasteiger charge is 2.07. The normalized spacial score (nSPS) is 10.3. The van der Waals surface area contributed by atoms with Gasteiger partial charge in [-0.25, -0.2) is 14.1 Å². The van der Waals surface area contributed by atoms with Gasteiger partial charge in [-0.3, -0.25) is 5.41 Å². The first-order valence-electron chi connectivity index (χ1n) is 4.62. The number of nitrogen functional groups attached to an aromatic ring is 1. The third-order valence-corrected chi connectivity index (χ3v) is 2.16. The monoisotopic (exact) mass is 219 g/mol. The van der Waals surface area contributed by atoms with E-state index in [-0.39, 0.29) is 5.84 Å². The predicted molar refractivity (Wildman–Crippen MR) is 56.5 cm³/mol. The molecule has 6 heteroatoms. The highest BCUT2D eigenvalue weighted by atomic mass is 19.1. The summed E-state index contributed by atoms with van der Waals surface area (Å²) in [4.78, 5) is 3.80. The van der Waals surface area contributed by atoms with Crippen molar-refractivity contribution in [3.8, 4) is 0 Å². The number of amidine groups is 1. The molecule has 0 saturated carbocycles. The Labute approximate surface area is 91.2 Å². The first-order chi connectivity index (χ1) is 7.66. The zero-order valence-corrected chi connectivity index (χ0v) is 8.39. The molecule has 1 heterocycles. The molecule has 1 aromatic heterocycles. The van der Waals surface area contributed by atoms with Gasteiger partial charge < -0.3 is 5.73 Å². The van der Waals surface area contributed by atoms with Gasteiger partial charge in [-0.2, -0.15) is 5.10 Å². The van der Waals surface area contributed by atoms with Crippen LogP contribution >= 0.6 is 0 Å². The van der Waals surface area contributed by atoms with Gasteiger partial charge in [0.05, 0.1) is 6.54 Å². The van der Waals surface area contributed by atoms with Crippen molar-refractivity contribution >= 4 is 5.84 Å². The van der Waals surface area contributed by atoms with Crippen molar-refractivity contribution in [3.63, 3.8) is 0 Å². The van der Waals surface area contributed by atoms with Gasteiger partial charge in [-0.05, 0) is 17.7 Å². The number of aromatic nitrogens is 3. The Morgan fingerprint density at radius 1 is 1.50 bits per heavy atom. The number of halogens is 1. The molecule has 3 N–H and O–H groups in total. The molecule has 0 spiro atoms. The minimum Gasteiger partial charge on any atom is -0.384 e. The van der Waals surface area contributed by atoms with Crippen LogP contribution in [0.2, 0.25) is 0 Å². The van der Waals surface area contributed by atoms with E-state index in [1.807, 2.05) is 0 Å². The van der Waals surface area contributed by atoms with Gasteiger partial charge in [0.2, 0.25) is 0 Å². The molecule has 0 aliphatic carbocycles. The minimum absolute atomic E-state index is 0.158. The molecule has 0 amide bonds. The summed E-state index contributed by atoms with van der Waals surface area (Å²) in [5.41, 5.74) is 6.50. The van der Waals surface area contributed by atoms with Crippen LogP contribution in [0.15, 0.2) is 30.9 Å².